The van der Waals surface area contributed by atoms with Crippen LogP contribution < -0.4 is 0 Å². The Morgan fingerprint density at radius 1 is 1.16 bits per heavy atom. The molecule has 0 atom stereocenters. The highest BCUT2D eigenvalue weighted by atomic mass is 35.5. The van der Waals surface area contributed by atoms with Crippen LogP contribution in [-0.2, 0) is 6.42 Å². The Morgan fingerprint density at radius 2 is 1.84 bits per heavy atom. The summed E-state index contributed by atoms with van der Waals surface area (Å²) < 4.78 is 0. The molecule has 1 fully saturated rings. The average Bonchev–Trinajstić information content (AvgIpc) is 2.84. The number of halogens is 1. The van der Waals surface area contributed by atoms with Crippen molar-refractivity contribution in [1.29, 1.82) is 0 Å². The lowest BCUT2D eigenvalue weighted by Gasteiger charge is -2.36. The largest absolute Gasteiger partial charge is 0.144 e. The molecule has 1 aliphatic carbocycles. The van der Waals surface area contributed by atoms with Gasteiger partial charge < -0.3 is 0 Å². The van der Waals surface area contributed by atoms with Crippen molar-refractivity contribution in [3.05, 3.63) is 10.0 Å². The number of alkyl halides is 1. The summed E-state index contributed by atoms with van der Waals surface area (Å²) in [6, 6.07) is 0. The first-order chi connectivity index (χ1) is 9.00. The van der Waals surface area contributed by atoms with Gasteiger partial charge in [-0.15, -0.1) is 33.1 Å². The highest BCUT2D eigenvalue weighted by molar-refractivity contribution is 7.11. The van der Waals surface area contributed by atoms with Crippen LogP contribution in [-0.4, -0.2) is 16.1 Å². The third-order valence-corrected chi connectivity index (χ3v) is 5.72. The predicted molar refractivity (Wildman–Crippen MR) is 83.1 cm³/mol. The van der Waals surface area contributed by atoms with E-state index >= 15 is 0 Å². The molecular formula is C15H25ClN2S. The third kappa shape index (κ3) is 4.16. The van der Waals surface area contributed by atoms with Crippen LogP contribution in [0.4, 0.5) is 0 Å². The van der Waals surface area contributed by atoms with Gasteiger partial charge in [0.25, 0.3) is 0 Å². The SMILES string of the molecule is CC(C)(C)C1CCC(c2nnc(CCCCl)s2)CC1. The number of rotatable bonds is 4. The number of hydrogen-bond acceptors (Lipinski definition) is 3. The Morgan fingerprint density at radius 3 is 2.42 bits per heavy atom. The van der Waals surface area contributed by atoms with E-state index in [-0.39, 0.29) is 0 Å². The summed E-state index contributed by atoms with van der Waals surface area (Å²) in [6.07, 6.45) is 7.24. The Kier molecular flexibility index (Phi) is 5.24. The van der Waals surface area contributed by atoms with Gasteiger partial charge in [-0.2, -0.15) is 0 Å². The lowest BCUT2D eigenvalue weighted by molar-refractivity contribution is 0.169. The summed E-state index contributed by atoms with van der Waals surface area (Å²) in [7, 11) is 0. The van der Waals surface area contributed by atoms with Crippen molar-refractivity contribution in [2.75, 3.05) is 5.88 Å². The number of aromatic nitrogens is 2. The van der Waals surface area contributed by atoms with Crippen molar-refractivity contribution in [2.24, 2.45) is 11.3 Å². The van der Waals surface area contributed by atoms with Crippen molar-refractivity contribution in [3.63, 3.8) is 0 Å². The van der Waals surface area contributed by atoms with Crippen molar-refractivity contribution < 1.29 is 0 Å². The van der Waals surface area contributed by atoms with Gasteiger partial charge in [-0.25, -0.2) is 0 Å². The van der Waals surface area contributed by atoms with E-state index in [9.17, 15) is 0 Å². The molecule has 19 heavy (non-hydrogen) atoms. The lowest BCUT2D eigenvalue weighted by atomic mass is 9.70. The van der Waals surface area contributed by atoms with E-state index < -0.39 is 0 Å². The second-order valence-electron chi connectivity index (χ2n) is 6.74. The molecule has 1 aliphatic rings. The summed E-state index contributed by atoms with van der Waals surface area (Å²) >= 11 is 7.53. The first-order valence-corrected chi connectivity index (χ1v) is 8.74. The minimum absolute atomic E-state index is 0.456. The highest BCUT2D eigenvalue weighted by Gasteiger charge is 2.31. The normalized spacial score (nSPS) is 24.6. The smallest absolute Gasteiger partial charge is 0.120 e. The minimum Gasteiger partial charge on any atom is -0.144 e. The molecule has 0 saturated heterocycles. The van der Waals surface area contributed by atoms with Gasteiger partial charge in [-0.05, 0) is 43.4 Å². The fourth-order valence-corrected chi connectivity index (χ4v) is 4.14. The quantitative estimate of drug-likeness (QED) is 0.729. The summed E-state index contributed by atoms with van der Waals surface area (Å²) in [5, 5.41) is 11.1. The van der Waals surface area contributed by atoms with Crippen molar-refractivity contribution in [3.8, 4) is 0 Å². The van der Waals surface area contributed by atoms with Gasteiger partial charge in [-0.3, -0.25) is 0 Å². The molecule has 0 N–H and O–H groups in total. The third-order valence-electron chi connectivity index (χ3n) is 4.31. The summed E-state index contributed by atoms with van der Waals surface area (Å²) in [4.78, 5) is 0. The van der Waals surface area contributed by atoms with E-state index in [1.54, 1.807) is 0 Å². The number of aryl methyl sites for hydroxylation is 1. The topological polar surface area (TPSA) is 25.8 Å². The fourth-order valence-electron chi connectivity index (χ4n) is 2.96. The van der Waals surface area contributed by atoms with Crippen LogP contribution in [0.25, 0.3) is 0 Å². The first-order valence-electron chi connectivity index (χ1n) is 7.39. The Hall–Kier alpha value is -0.150. The maximum absolute atomic E-state index is 5.72. The molecule has 1 aromatic heterocycles. The average molecular weight is 301 g/mol. The van der Waals surface area contributed by atoms with E-state index in [2.05, 4.69) is 31.0 Å². The van der Waals surface area contributed by atoms with E-state index in [1.165, 1.54) is 30.7 Å². The van der Waals surface area contributed by atoms with Gasteiger partial charge >= 0.3 is 0 Å². The number of hydrogen-bond donors (Lipinski definition) is 0. The van der Waals surface area contributed by atoms with Gasteiger partial charge in [0, 0.05) is 18.2 Å². The minimum atomic E-state index is 0.456. The van der Waals surface area contributed by atoms with Crippen LogP contribution in [0, 0.1) is 11.3 Å². The van der Waals surface area contributed by atoms with Crippen LogP contribution in [0.2, 0.25) is 0 Å². The van der Waals surface area contributed by atoms with Gasteiger partial charge in [0.15, 0.2) is 0 Å². The van der Waals surface area contributed by atoms with Crippen molar-refractivity contribution in [1.82, 2.24) is 10.2 Å². The van der Waals surface area contributed by atoms with Gasteiger partial charge in [0.2, 0.25) is 0 Å². The van der Waals surface area contributed by atoms with Gasteiger partial charge in [0.05, 0.1) is 0 Å². The summed E-state index contributed by atoms with van der Waals surface area (Å²) in [5.74, 6) is 2.24. The Bertz CT molecular complexity index is 389. The monoisotopic (exact) mass is 300 g/mol. The standard InChI is InChI=1S/C15H25ClN2S/c1-15(2,3)12-8-6-11(7-9-12)14-18-17-13(19-14)5-4-10-16/h11-12H,4-10H2,1-3H3. The molecule has 0 bridgehead atoms. The Balaban J connectivity index is 1.89. The maximum Gasteiger partial charge on any atom is 0.120 e. The van der Waals surface area contributed by atoms with Crippen LogP contribution >= 0.6 is 22.9 Å². The van der Waals surface area contributed by atoms with Crippen LogP contribution in [0.1, 0.15) is 68.8 Å². The molecule has 0 aromatic carbocycles. The zero-order chi connectivity index (χ0) is 13.9. The molecule has 1 saturated carbocycles. The molecule has 0 amide bonds. The van der Waals surface area contributed by atoms with Crippen LogP contribution in [0.15, 0.2) is 0 Å². The highest BCUT2D eigenvalue weighted by Crippen LogP contribution is 2.43. The van der Waals surface area contributed by atoms with Crippen LogP contribution in [0.3, 0.4) is 0 Å². The summed E-state index contributed by atoms with van der Waals surface area (Å²) in [6.45, 7) is 7.10. The molecule has 0 spiro atoms. The van der Waals surface area contributed by atoms with E-state index in [1.807, 2.05) is 11.3 Å². The van der Waals surface area contributed by atoms with Crippen molar-refractivity contribution >= 4 is 22.9 Å². The second-order valence-corrected chi connectivity index (χ2v) is 8.21. The second kappa shape index (κ2) is 6.53. The van der Waals surface area contributed by atoms with E-state index in [0.717, 1.165) is 23.8 Å². The lowest BCUT2D eigenvalue weighted by Crippen LogP contribution is -2.25. The maximum atomic E-state index is 5.72. The zero-order valence-electron chi connectivity index (χ0n) is 12.3. The van der Waals surface area contributed by atoms with E-state index in [0.29, 0.717) is 17.2 Å². The molecule has 1 aromatic rings. The molecule has 0 radical (unpaired) electrons. The molecular weight excluding hydrogens is 276 g/mol. The predicted octanol–water partition coefficient (Wildman–Crippen LogP) is 5.03. The molecule has 2 rings (SSSR count). The Labute approximate surface area is 126 Å². The van der Waals surface area contributed by atoms with Crippen LogP contribution in [0.5, 0.6) is 0 Å². The van der Waals surface area contributed by atoms with E-state index in [4.69, 9.17) is 11.6 Å². The molecule has 1 heterocycles. The molecule has 108 valence electrons. The molecule has 0 aliphatic heterocycles. The molecule has 2 nitrogen and oxygen atoms in total. The van der Waals surface area contributed by atoms with Gasteiger partial charge in [0.1, 0.15) is 10.0 Å². The summed E-state index contributed by atoms with van der Waals surface area (Å²) in [5.41, 5.74) is 0.456. The fraction of sp³-hybridized carbons (Fsp3) is 0.867. The van der Waals surface area contributed by atoms with Crippen molar-refractivity contribution in [2.45, 2.75) is 65.2 Å². The van der Waals surface area contributed by atoms with Gasteiger partial charge in [-0.1, -0.05) is 20.8 Å². The first kappa shape index (κ1) is 15.2. The molecule has 0 unspecified atom stereocenters. The molecule has 4 heteroatoms. The zero-order valence-corrected chi connectivity index (χ0v) is 13.9. The number of nitrogens with zero attached hydrogens (tertiary/aromatic N) is 2.